The van der Waals surface area contributed by atoms with Crippen LogP contribution >= 0.6 is 0 Å². The summed E-state index contributed by atoms with van der Waals surface area (Å²) in [6, 6.07) is 6.43. The lowest BCUT2D eigenvalue weighted by atomic mass is 10.0. The largest absolute Gasteiger partial charge is 0.322 e. The summed E-state index contributed by atoms with van der Waals surface area (Å²) in [5, 5.41) is 0. The van der Waals surface area contributed by atoms with Gasteiger partial charge in [-0.3, -0.25) is 9.69 Å². The predicted octanol–water partition coefficient (Wildman–Crippen LogP) is 1.90. The van der Waals surface area contributed by atoms with Crippen molar-refractivity contribution in [3.63, 3.8) is 0 Å². The summed E-state index contributed by atoms with van der Waals surface area (Å²) >= 11 is 0. The molecule has 0 radical (unpaired) electrons. The molecule has 7 nitrogen and oxygen atoms in total. The van der Waals surface area contributed by atoms with Crippen molar-refractivity contribution >= 4 is 12.1 Å². The Morgan fingerprint density at radius 2 is 1.80 bits per heavy atom. The number of benzene rings is 1. The number of amides is 1. The number of carbonyl (C=O) groups excluding carboxylic acids is 1. The quantitative estimate of drug-likeness (QED) is 0.831. The third kappa shape index (κ3) is 3.66. The Morgan fingerprint density at radius 1 is 1.13 bits per heavy atom. The van der Waals surface area contributed by atoms with Gasteiger partial charge in [0.1, 0.15) is 17.2 Å². The standard InChI is InChI=1S/C22H29FN6O/c1-22(2)21-25-20(16-4-6-17(23)7-5-16)18(15-27-10-8-26(3)9-11-27)28(21)12-13-29(22)19(30)14-24/h4-7,12-13H,8-11,14-15,24H2,1-3H3. The Bertz CT molecular complexity index is 957. The topological polar surface area (TPSA) is 70.6 Å². The predicted molar refractivity (Wildman–Crippen MR) is 115 cm³/mol. The Kier molecular flexibility index (Phi) is 5.48. The molecular formula is C22H29FN6O. The van der Waals surface area contributed by atoms with Gasteiger partial charge in [-0.15, -0.1) is 0 Å². The normalized spacial score (nSPS) is 19.2. The third-order valence-electron chi connectivity index (χ3n) is 6.05. The first kappa shape index (κ1) is 20.7. The van der Waals surface area contributed by atoms with Crippen LogP contribution in [0.5, 0.6) is 0 Å². The summed E-state index contributed by atoms with van der Waals surface area (Å²) in [4.78, 5) is 23.7. The van der Waals surface area contributed by atoms with E-state index < -0.39 is 5.54 Å². The van der Waals surface area contributed by atoms with Gasteiger partial charge >= 0.3 is 0 Å². The average Bonchev–Trinajstić information content (AvgIpc) is 3.09. The van der Waals surface area contributed by atoms with Crippen LogP contribution in [0.1, 0.15) is 25.4 Å². The summed E-state index contributed by atoms with van der Waals surface area (Å²) in [5.41, 5.74) is 7.70. The number of hydrogen-bond donors (Lipinski definition) is 1. The number of piperazine rings is 1. The lowest BCUT2D eigenvalue weighted by Crippen LogP contribution is -2.48. The smallest absolute Gasteiger partial charge is 0.241 e. The number of halogens is 1. The molecule has 0 unspecified atom stereocenters. The van der Waals surface area contributed by atoms with Crippen molar-refractivity contribution in [2.75, 3.05) is 39.8 Å². The first-order valence-electron chi connectivity index (χ1n) is 10.3. The highest BCUT2D eigenvalue weighted by molar-refractivity contribution is 5.81. The molecule has 2 N–H and O–H groups in total. The zero-order valence-electron chi connectivity index (χ0n) is 17.8. The van der Waals surface area contributed by atoms with Gasteiger partial charge in [-0.05, 0) is 45.2 Å². The Hall–Kier alpha value is -2.55. The van der Waals surface area contributed by atoms with Crippen LogP contribution in [0.2, 0.25) is 0 Å². The maximum Gasteiger partial charge on any atom is 0.241 e. The minimum atomic E-state index is -0.652. The lowest BCUT2D eigenvalue weighted by Gasteiger charge is -2.38. The van der Waals surface area contributed by atoms with Crippen molar-refractivity contribution in [2.24, 2.45) is 5.73 Å². The molecule has 0 spiro atoms. The molecule has 1 aromatic carbocycles. The maximum absolute atomic E-state index is 13.5. The van der Waals surface area contributed by atoms with E-state index in [1.165, 1.54) is 12.1 Å². The number of fused-ring (bicyclic) bond motifs is 1. The highest BCUT2D eigenvalue weighted by Crippen LogP contribution is 2.36. The van der Waals surface area contributed by atoms with Crippen molar-refractivity contribution in [2.45, 2.75) is 25.9 Å². The summed E-state index contributed by atoms with van der Waals surface area (Å²) in [7, 11) is 2.14. The zero-order valence-corrected chi connectivity index (χ0v) is 17.8. The fraction of sp³-hybridized carbons (Fsp3) is 0.455. The molecule has 2 aromatic rings. The van der Waals surface area contributed by atoms with E-state index in [2.05, 4.69) is 21.4 Å². The van der Waals surface area contributed by atoms with Gasteiger partial charge in [-0.2, -0.15) is 0 Å². The Labute approximate surface area is 176 Å². The van der Waals surface area contributed by atoms with E-state index in [-0.39, 0.29) is 18.3 Å². The fourth-order valence-electron chi connectivity index (χ4n) is 4.19. The van der Waals surface area contributed by atoms with Crippen molar-refractivity contribution in [3.05, 3.63) is 47.8 Å². The molecule has 160 valence electrons. The van der Waals surface area contributed by atoms with Crippen molar-refractivity contribution in [1.82, 2.24) is 24.3 Å². The molecule has 1 aromatic heterocycles. The average molecular weight is 413 g/mol. The summed E-state index contributed by atoms with van der Waals surface area (Å²) in [6.45, 7) is 8.61. The first-order valence-corrected chi connectivity index (χ1v) is 10.3. The van der Waals surface area contributed by atoms with Crippen LogP contribution in [0.15, 0.2) is 30.5 Å². The van der Waals surface area contributed by atoms with Crippen molar-refractivity contribution in [1.29, 1.82) is 0 Å². The minimum Gasteiger partial charge on any atom is -0.322 e. The Morgan fingerprint density at radius 3 is 2.43 bits per heavy atom. The van der Waals surface area contributed by atoms with Gasteiger partial charge in [0.25, 0.3) is 0 Å². The number of likely N-dealkylation sites (N-methyl/N-ethyl adjacent to an activating group) is 1. The molecule has 0 saturated carbocycles. The molecule has 0 bridgehead atoms. The SMILES string of the molecule is CN1CCN(Cc2c(-c3ccc(F)cc3)nc3n2C=CN(C(=O)CN)C3(C)C)CC1. The molecule has 2 aliphatic rings. The van der Waals surface area contributed by atoms with Crippen LogP contribution in [0.25, 0.3) is 17.5 Å². The molecule has 4 rings (SSSR count). The molecule has 8 heteroatoms. The van der Waals surface area contributed by atoms with E-state index >= 15 is 0 Å². The molecule has 1 amide bonds. The van der Waals surface area contributed by atoms with Crippen molar-refractivity contribution < 1.29 is 9.18 Å². The van der Waals surface area contributed by atoms with Gasteiger partial charge in [-0.1, -0.05) is 0 Å². The number of hydrogen-bond acceptors (Lipinski definition) is 5. The molecule has 1 fully saturated rings. The van der Waals surface area contributed by atoms with Gasteiger partial charge in [0.15, 0.2) is 0 Å². The number of nitrogens with two attached hydrogens (primary N) is 1. The third-order valence-corrected chi connectivity index (χ3v) is 6.05. The number of imidazole rings is 1. The van der Waals surface area contributed by atoms with Crippen LogP contribution < -0.4 is 5.73 Å². The van der Waals surface area contributed by atoms with Crippen LogP contribution in [-0.2, 0) is 16.9 Å². The maximum atomic E-state index is 13.5. The van der Waals surface area contributed by atoms with Crippen LogP contribution in [0, 0.1) is 5.82 Å². The van der Waals surface area contributed by atoms with E-state index in [0.29, 0.717) is 0 Å². The van der Waals surface area contributed by atoms with E-state index in [4.69, 9.17) is 10.7 Å². The van der Waals surface area contributed by atoms with E-state index in [1.807, 2.05) is 20.0 Å². The molecule has 0 atom stereocenters. The molecule has 1 saturated heterocycles. The molecular weight excluding hydrogens is 383 g/mol. The molecule has 2 aliphatic heterocycles. The van der Waals surface area contributed by atoms with Crippen LogP contribution in [0.3, 0.4) is 0 Å². The van der Waals surface area contributed by atoms with E-state index in [9.17, 15) is 9.18 Å². The highest BCUT2D eigenvalue weighted by Gasteiger charge is 2.39. The molecule has 3 heterocycles. The van der Waals surface area contributed by atoms with Gasteiger partial charge in [-0.25, -0.2) is 9.37 Å². The molecule has 0 aliphatic carbocycles. The highest BCUT2D eigenvalue weighted by atomic mass is 19.1. The van der Waals surface area contributed by atoms with Crippen LogP contribution in [0.4, 0.5) is 4.39 Å². The number of carbonyl (C=O) groups is 1. The minimum absolute atomic E-state index is 0.0621. The monoisotopic (exact) mass is 412 g/mol. The van der Waals surface area contributed by atoms with Crippen LogP contribution in [-0.4, -0.2) is 69.9 Å². The van der Waals surface area contributed by atoms with Gasteiger partial charge in [0.05, 0.1) is 17.9 Å². The first-order chi connectivity index (χ1) is 14.3. The lowest BCUT2D eigenvalue weighted by molar-refractivity contribution is -0.132. The van der Waals surface area contributed by atoms with E-state index in [0.717, 1.165) is 55.5 Å². The summed E-state index contributed by atoms with van der Waals surface area (Å²) in [5.74, 6) is 0.341. The zero-order chi connectivity index (χ0) is 21.5. The molecule has 30 heavy (non-hydrogen) atoms. The van der Waals surface area contributed by atoms with Gasteiger partial charge in [0.2, 0.25) is 5.91 Å². The number of aromatic nitrogens is 2. The van der Waals surface area contributed by atoms with Crippen molar-refractivity contribution in [3.8, 4) is 11.3 Å². The number of rotatable bonds is 4. The summed E-state index contributed by atoms with van der Waals surface area (Å²) in [6.07, 6.45) is 3.67. The second kappa shape index (κ2) is 7.94. The van der Waals surface area contributed by atoms with E-state index in [1.54, 1.807) is 23.2 Å². The summed E-state index contributed by atoms with van der Waals surface area (Å²) < 4.78 is 15.6. The number of nitrogens with zero attached hydrogens (tertiary/aromatic N) is 5. The Balaban J connectivity index is 1.79. The fourth-order valence-corrected chi connectivity index (χ4v) is 4.19. The van der Waals surface area contributed by atoms with Gasteiger partial charge in [0, 0.05) is 50.7 Å². The second-order valence-electron chi connectivity index (χ2n) is 8.51. The van der Waals surface area contributed by atoms with Gasteiger partial charge < -0.3 is 20.1 Å². The second-order valence-corrected chi connectivity index (χ2v) is 8.51.